The number of thioether (sulfide) groups is 1. The van der Waals surface area contributed by atoms with Crippen molar-refractivity contribution in [1.29, 1.82) is 0 Å². The highest BCUT2D eigenvalue weighted by Crippen LogP contribution is 2.22. The van der Waals surface area contributed by atoms with E-state index in [0.717, 1.165) is 17.3 Å². The summed E-state index contributed by atoms with van der Waals surface area (Å²) in [4.78, 5) is 8.39. The van der Waals surface area contributed by atoms with E-state index in [1.165, 1.54) is 0 Å². The van der Waals surface area contributed by atoms with Gasteiger partial charge in [0.25, 0.3) is 0 Å². The Morgan fingerprint density at radius 3 is 2.71 bits per heavy atom. The van der Waals surface area contributed by atoms with Crippen LogP contribution in [-0.2, 0) is 0 Å². The molecule has 4 nitrogen and oxygen atoms in total. The summed E-state index contributed by atoms with van der Waals surface area (Å²) >= 11 is 1.61. The van der Waals surface area contributed by atoms with Crippen LogP contribution >= 0.6 is 11.8 Å². The standard InChI is InChI=1S/C12H22N4S/c1-9(2)6-12(3,7-13)16-10-5-11(17-4)15-8-14-10/h5,8-9H,6-7,13H2,1-4H3,(H,14,15,16). The Labute approximate surface area is 108 Å². The van der Waals surface area contributed by atoms with Crippen molar-refractivity contribution in [3.63, 3.8) is 0 Å². The highest BCUT2D eigenvalue weighted by molar-refractivity contribution is 7.98. The average molecular weight is 254 g/mol. The minimum absolute atomic E-state index is 0.113. The van der Waals surface area contributed by atoms with Gasteiger partial charge in [-0.1, -0.05) is 13.8 Å². The lowest BCUT2D eigenvalue weighted by molar-refractivity contribution is 0.406. The summed E-state index contributed by atoms with van der Waals surface area (Å²) in [5.41, 5.74) is 5.75. The molecular formula is C12H22N4S. The molecule has 0 aliphatic heterocycles. The van der Waals surface area contributed by atoms with Crippen LogP contribution < -0.4 is 11.1 Å². The fourth-order valence-corrected chi connectivity index (χ4v) is 2.30. The molecule has 0 bridgehead atoms. The molecule has 0 aliphatic carbocycles. The zero-order valence-electron chi connectivity index (χ0n) is 11.0. The van der Waals surface area contributed by atoms with Crippen molar-refractivity contribution in [3.05, 3.63) is 12.4 Å². The highest BCUT2D eigenvalue weighted by atomic mass is 32.2. The molecule has 1 aromatic heterocycles. The molecule has 0 aliphatic rings. The van der Waals surface area contributed by atoms with Crippen LogP contribution in [0.15, 0.2) is 17.4 Å². The summed E-state index contributed by atoms with van der Waals surface area (Å²) in [6.07, 6.45) is 4.60. The predicted octanol–water partition coefficient (Wildman–Crippen LogP) is 2.37. The van der Waals surface area contributed by atoms with E-state index in [2.05, 4.69) is 36.1 Å². The maximum Gasteiger partial charge on any atom is 0.130 e. The molecule has 5 heteroatoms. The van der Waals surface area contributed by atoms with Crippen molar-refractivity contribution >= 4 is 17.6 Å². The fraction of sp³-hybridized carbons (Fsp3) is 0.667. The quantitative estimate of drug-likeness (QED) is 0.603. The summed E-state index contributed by atoms with van der Waals surface area (Å²) in [5, 5.41) is 4.39. The Kier molecular flexibility index (Phi) is 5.21. The Bertz CT molecular complexity index is 356. The van der Waals surface area contributed by atoms with E-state index in [1.54, 1.807) is 18.1 Å². The number of anilines is 1. The fourth-order valence-electron chi connectivity index (χ4n) is 1.92. The Morgan fingerprint density at radius 2 is 2.18 bits per heavy atom. The van der Waals surface area contributed by atoms with E-state index < -0.39 is 0 Å². The van der Waals surface area contributed by atoms with E-state index in [0.29, 0.717) is 12.5 Å². The van der Waals surface area contributed by atoms with Gasteiger partial charge in [0, 0.05) is 18.2 Å². The molecule has 0 aromatic carbocycles. The molecule has 0 radical (unpaired) electrons. The van der Waals surface area contributed by atoms with Crippen molar-refractivity contribution < 1.29 is 0 Å². The molecule has 17 heavy (non-hydrogen) atoms. The van der Waals surface area contributed by atoms with Gasteiger partial charge in [-0.25, -0.2) is 9.97 Å². The molecule has 0 amide bonds. The minimum Gasteiger partial charge on any atom is -0.363 e. The average Bonchev–Trinajstić information content (AvgIpc) is 2.28. The number of rotatable bonds is 6. The van der Waals surface area contributed by atoms with Crippen molar-refractivity contribution in [3.8, 4) is 0 Å². The topological polar surface area (TPSA) is 63.8 Å². The number of hydrogen-bond acceptors (Lipinski definition) is 5. The summed E-state index contributed by atoms with van der Waals surface area (Å²) in [6.45, 7) is 7.11. The third kappa shape index (κ3) is 4.52. The summed E-state index contributed by atoms with van der Waals surface area (Å²) in [7, 11) is 0. The van der Waals surface area contributed by atoms with E-state index in [-0.39, 0.29) is 5.54 Å². The molecule has 96 valence electrons. The second kappa shape index (κ2) is 6.21. The lowest BCUT2D eigenvalue weighted by atomic mass is 9.91. The first-order valence-electron chi connectivity index (χ1n) is 5.83. The minimum atomic E-state index is -0.113. The maximum absolute atomic E-state index is 5.86. The number of hydrogen-bond donors (Lipinski definition) is 2. The zero-order chi connectivity index (χ0) is 12.9. The van der Waals surface area contributed by atoms with Crippen LogP contribution in [0.5, 0.6) is 0 Å². The largest absolute Gasteiger partial charge is 0.363 e. The van der Waals surface area contributed by atoms with Crippen molar-refractivity contribution in [2.24, 2.45) is 11.7 Å². The Balaban J connectivity index is 2.79. The van der Waals surface area contributed by atoms with Gasteiger partial charge in [-0.15, -0.1) is 11.8 Å². The van der Waals surface area contributed by atoms with Crippen LogP contribution in [0.2, 0.25) is 0 Å². The zero-order valence-corrected chi connectivity index (χ0v) is 11.8. The molecule has 0 spiro atoms. The lowest BCUT2D eigenvalue weighted by Crippen LogP contribution is -2.43. The van der Waals surface area contributed by atoms with E-state index >= 15 is 0 Å². The maximum atomic E-state index is 5.86. The lowest BCUT2D eigenvalue weighted by Gasteiger charge is -2.31. The van der Waals surface area contributed by atoms with Crippen LogP contribution in [0.3, 0.4) is 0 Å². The molecule has 3 N–H and O–H groups in total. The highest BCUT2D eigenvalue weighted by Gasteiger charge is 2.24. The van der Waals surface area contributed by atoms with Crippen LogP contribution in [0.1, 0.15) is 27.2 Å². The second-order valence-electron chi connectivity index (χ2n) is 4.93. The van der Waals surface area contributed by atoms with Gasteiger partial charge >= 0.3 is 0 Å². The summed E-state index contributed by atoms with van der Waals surface area (Å²) in [5.74, 6) is 1.44. The third-order valence-corrected chi connectivity index (χ3v) is 3.23. The van der Waals surface area contributed by atoms with E-state index in [1.807, 2.05) is 12.3 Å². The third-order valence-electron chi connectivity index (χ3n) is 2.59. The summed E-state index contributed by atoms with van der Waals surface area (Å²) < 4.78 is 0. The van der Waals surface area contributed by atoms with Gasteiger partial charge in [-0.3, -0.25) is 0 Å². The molecule has 1 atom stereocenters. The molecule has 1 heterocycles. The van der Waals surface area contributed by atoms with Crippen LogP contribution in [0.25, 0.3) is 0 Å². The molecular weight excluding hydrogens is 232 g/mol. The molecule has 0 saturated carbocycles. The Morgan fingerprint density at radius 1 is 1.47 bits per heavy atom. The first-order chi connectivity index (χ1) is 7.99. The van der Waals surface area contributed by atoms with Gasteiger partial charge in [0.05, 0.1) is 0 Å². The molecule has 1 rings (SSSR count). The smallest absolute Gasteiger partial charge is 0.130 e. The second-order valence-corrected chi connectivity index (χ2v) is 5.76. The van der Waals surface area contributed by atoms with Crippen LogP contribution in [0.4, 0.5) is 5.82 Å². The first kappa shape index (κ1) is 14.3. The van der Waals surface area contributed by atoms with Gasteiger partial charge in [-0.05, 0) is 25.5 Å². The Hall–Kier alpha value is -0.810. The van der Waals surface area contributed by atoms with Gasteiger partial charge in [0.2, 0.25) is 0 Å². The van der Waals surface area contributed by atoms with Crippen molar-refractivity contribution in [2.45, 2.75) is 37.8 Å². The molecule has 0 saturated heterocycles. The summed E-state index contributed by atoms with van der Waals surface area (Å²) in [6, 6.07) is 1.96. The van der Waals surface area contributed by atoms with E-state index in [4.69, 9.17) is 5.73 Å². The van der Waals surface area contributed by atoms with Crippen LogP contribution in [-0.4, -0.2) is 28.3 Å². The monoisotopic (exact) mass is 254 g/mol. The van der Waals surface area contributed by atoms with Crippen molar-refractivity contribution in [2.75, 3.05) is 18.1 Å². The first-order valence-corrected chi connectivity index (χ1v) is 7.06. The number of nitrogens with two attached hydrogens (primary N) is 1. The molecule has 0 fully saturated rings. The van der Waals surface area contributed by atoms with Crippen molar-refractivity contribution in [1.82, 2.24) is 9.97 Å². The number of nitrogens with zero attached hydrogens (tertiary/aromatic N) is 2. The van der Waals surface area contributed by atoms with Gasteiger partial charge in [-0.2, -0.15) is 0 Å². The number of aromatic nitrogens is 2. The molecule has 1 unspecified atom stereocenters. The SMILES string of the molecule is CSc1cc(NC(C)(CN)CC(C)C)ncn1. The van der Waals surface area contributed by atoms with Crippen LogP contribution in [0, 0.1) is 5.92 Å². The van der Waals surface area contributed by atoms with Gasteiger partial charge in [0.15, 0.2) is 0 Å². The van der Waals surface area contributed by atoms with Gasteiger partial charge in [0.1, 0.15) is 17.2 Å². The predicted molar refractivity (Wildman–Crippen MR) is 74.4 cm³/mol. The van der Waals surface area contributed by atoms with Gasteiger partial charge < -0.3 is 11.1 Å². The van der Waals surface area contributed by atoms with E-state index in [9.17, 15) is 0 Å². The normalized spacial score (nSPS) is 14.7. The number of nitrogens with one attached hydrogen (secondary N) is 1. The molecule has 1 aromatic rings.